The number of ether oxygens (including phenoxy) is 1. The summed E-state index contributed by atoms with van der Waals surface area (Å²) < 4.78 is 45.8. The predicted octanol–water partition coefficient (Wildman–Crippen LogP) is 3.31. The van der Waals surface area contributed by atoms with Gasteiger partial charge in [-0.15, -0.1) is 0 Å². The molecule has 21 heavy (non-hydrogen) atoms. The highest BCUT2D eigenvalue weighted by Crippen LogP contribution is 2.35. The van der Waals surface area contributed by atoms with Crippen molar-refractivity contribution >= 4 is 0 Å². The molecule has 0 atom stereocenters. The van der Waals surface area contributed by atoms with Crippen LogP contribution in [0.25, 0.3) is 0 Å². The van der Waals surface area contributed by atoms with Crippen LogP contribution in [0, 0.1) is 13.8 Å². The van der Waals surface area contributed by atoms with Crippen LogP contribution in [0.5, 0.6) is 11.5 Å². The van der Waals surface area contributed by atoms with Gasteiger partial charge in [0.15, 0.2) is 5.75 Å². The average molecular weight is 299 g/mol. The van der Waals surface area contributed by atoms with Gasteiger partial charge in [0.05, 0.1) is 11.3 Å². The summed E-state index contributed by atoms with van der Waals surface area (Å²) in [5.74, 6) is 0.850. The van der Waals surface area contributed by atoms with E-state index in [0.29, 0.717) is 17.2 Å². The lowest BCUT2D eigenvalue weighted by molar-refractivity contribution is -0.138. The highest BCUT2D eigenvalue weighted by Gasteiger charge is 2.33. The smallest absolute Gasteiger partial charge is 0.416 e. The van der Waals surface area contributed by atoms with Crippen LogP contribution in [0.3, 0.4) is 0 Å². The minimum absolute atomic E-state index is 0.000744. The zero-order valence-electron chi connectivity index (χ0n) is 12.0. The van der Waals surface area contributed by atoms with Gasteiger partial charge in [0.1, 0.15) is 11.4 Å². The maximum Gasteiger partial charge on any atom is 0.416 e. The van der Waals surface area contributed by atoms with Crippen molar-refractivity contribution in [2.45, 2.75) is 26.6 Å². The zero-order valence-corrected chi connectivity index (χ0v) is 12.0. The van der Waals surface area contributed by atoms with E-state index in [1.807, 2.05) is 6.92 Å². The summed E-state index contributed by atoms with van der Waals surface area (Å²) in [6, 6.07) is 3.58. The maximum atomic E-state index is 12.8. The summed E-state index contributed by atoms with van der Waals surface area (Å²) in [6.45, 7) is 3.39. The third kappa shape index (κ3) is 3.02. The SMILES string of the molecule is Cc1nn(C)c(C)c1Oc1ccc(C(F)(F)F)c(CN)c1. The lowest BCUT2D eigenvalue weighted by Crippen LogP contribution is -2.11. The van der Waals surface area contributed by atoms with Gasteiger partial charge in [0.2, 0.25) is 0 Å². The first-order valence-electron chi connectivity index (χ1n) is 6.32. The standard InChI is InChI=1S/C14H16F3N3O/c1-8-13(9(2)20(3)19-8)21-11-4-5-12(14(15,16)17)10(6-11)7-18/h4-6H,7,18H2,1-3H3. The zero-order chi connectivity index (χ0) is 15.8. The minimum atomic E-state index is -4.42. The van der Waals surface area contributed by atoms with E-state index in [1.165, 1.54) is 12.1 Å². The van der Waals surface area contributed by atoms with E-state index in [-0.39, 0.29) is 12.1 Å². The Morgan fingerprint density at radius 2 is 1.95 bits per heavy atom. The number of halogens is 3. The number of hydrogen-bond donors (Lipinski definition) is 1. The molecular formula is C14H16F3N3O. The lowest BCUT2D eigenvalue weighted by Gasteiger charge is -2.13. The largest absolute Gasteiger partial charge is 0.453 e. The molecule has 0 amide bonds. The summed E-state index contributed by atoms with van der Waals surface area (Å²) in [4.78, 5) is 0. The molecule has 1 aromatic heterocycles. The van der Waals surface area contributed by atoms with Crippen LogP contribution in [0.1, 0.15) is 22.5 Å². The van der Waals surface area contributed by atoms with Crippen molar-refractivity contribution in [3.63, 3.8) is 0 Å². The van der Waals surface area contributed by atoms with Gasteiger partial charge < -0.3 is 10.5 Å². The number of nitrogens with two attached hydrogens (primary N) is 1. The van der Waals surface area contributed by atoms with E-state index < -0.39 is 11.7 Å². The Kier molecular flexibility index (Phi) is 3.95. The maximum absolute atomic E-state index is 12.8. The molecule has 114 valence electrons. The van der Waals surface area contributed by atoms with Gasteiger partial charge in [-0.25, -0.2) is 0 Å². The summed E-state index contributed by atoms with van der Waals surface area (Å²) in [5.41, 5.74) is 6.13. The fraction of sp³-hybridized carbons (Fsp3) is 0.357. The molecule has 0 aliphatic heterocycles. The second-order valence-corrected chi connectivity index (χ2v) is 4.75. The molecule has 0 radical (unpaired) electrons. The van der Waals surface area contributed by atoms with E-state index >= 15 is 0 Å². The molecule has 0 saturated carbocycles. The van der Waals surface area contributed by atoms with E-state index in [1.54, 1.807) is 18.7 Å². The second kappa shape index (κ2) is 5.40. The Labute approximate surface area is 120 Å². The quantitative estimate of drug-likeness (QED) is 0.946. The van der Waals surface area contributed by atoms with Crippen molar-refractivity contribution in [1.29, 1.82) is 0 Å². The van der Waals surface area contributed by atoms with Crippen LogP contribution in [0.2, 0.25) is 0 Å². The Balaban J connectivity index is 2.38. The molecule has 0 saturated heterocycles. The van der Waals surface area contributed by atoms with Gasteiger partial charge in [-0.3, -0.25) is 4.68 Å². The van der Waals surface area contributed by atoms with Crippen molar-refractivity contribution in [1.82, 2.24) is 9.78 Å². The number of benzene rings is 1. The molecule has 1 aromatic carbocycles. The van der Waals surface area contributed by atoms with Crippen molar-refractivity contribution in [3.8, 4) is 11.5 Å². The second-order valence-electron chi connectivity index (χ2n) is 4.75. The van der Waals surface area contributed by atoms with Crippen LogP contribution in [-0.4, -0.2) is 9.78 Å². The molecule has 0 bridgehead atoms. The predicted molar refractivity (Wildman–Crippen MR) is 72.1 cm³/mol. The summed E-state index contributed by atoms with van der Waals surface area (Å²) >= 11 is 0. The monoisotopic (exact) mass is 299 g/mol. The molecule has 0 aliphatic rings. The summed E-state index contributed by atoms with van der Waals surface area (Å²) in [5, 5.41) is 4.19. The van der Waals surface area contributed by atoms with Crippen LogP contribution >= 0.6 is 0 Å². The highest BCUT2D eigenvalue weighted by molar-refractivity contribution is 5.42. The number of aryl methyl sites for hydroxylation is 2. The molecule has 4 nitrogen and oxygen atoms in total. The fourth-order valence-corrected chi connectivity index (χ4v) is 2.10. The van der Waals surface area contributed by atoms with E-state index in [4.69, 9.17) is 10.5 Å². The topological polar surface area (TPSA) is 53.1 Å². The third-order valence-corrected chi connectivity index (χ3v) is 3.26. The number of rotatable bonds is 3. The molecule has 0 unspecified atom stereocenters. The molecule has 0 aliphatic carbocycles. The normalized spacial score (nSPS) is 11.8. The fourth-order valence-electron chi connectivity index (χ4n) is 2.10. The number of aromatic nitrogens is 2. The van der Waals surface area contributed by atoms with Crippen molar-refractivity contribution < 1.29 is 17.9 Å². The van der Waals surface area contributed by atoms with Gasteiger partial charge >= 0.3 is 6.18 Å². The Hall–Kier alpha value is -2.02. The first-order valence-corrected chi connectivity index (χ1v) is 6.32. The molecule has 1 heterocycles. The Bertz CT molecular complexity index is 662. The van der Waals surface area contributed by atoms with E-state index in [9.17, 15) is 13.2 Å². The Morgan fingerprint density at radius 3 is 2.43 bits per heavy atom. The van der Waals surface area contributed by atoms with E-state index in [0.717, 1.165) is 11.8 Å². The Morgan fingerprint density at radius 1 is 1.29 bits per heavy atom. The van der Waals surface area contributed by atoms with Gasteiger partial charge in [0, 0.05) is 13.6 Å². The van der Waals surface area contributed by atoms with Crippen molar-refractivity contribution in [3.05, 3.63) is 40.7 Å². The van der Waals surface area contributed by atoms with Crippen LogP contribution in [0.4, 0.5) is 13.2 Å². The number of nitrogens with zero attached hydrogens (tertiary/aromatic N) is 2. The first kappa shape index (κ1) is 15.4. The molecule has 2 aromatic rings. The number of alkyl halides is 3. The minimum Gasteiger partial charge on any atom is -0.453 e. The number of hydrogen-bond acceptors (Lipinski definition) is 3. The van der Waals surface area contributed by atoms with Gasteiger partial charge in [-0.1, -0.05) is 0 Å². The van der Waals surface area contributed by atoms with Crippen LogP contribution in [0.15, 0.2) is 18.2 Å². The van der Waals surface area contributed by atoms with Crippen LogP contribution < -0.4 is 10.5 Å². The van der Waals surface area contributed by atoms with Gasteiger partial charge in [0.25, 0.3) is 0 Å². The molecule has 0 spiro atoms. The summed E-state index contributed by atoms with van der Waals surface area (Å²) in [6.07, 6.45) is -4.42. The summed E-state index contributed by atoms with van der Waals surface area (Å²) in [7, 11) is 1.77. The molecule has 7 heteroatoms. The van der Waals surface area contributed by atoms with Crippen molar-refractivity contribution in [2.75, 3.05) is 0 Å². The molecule has 2 rings (SSSR count). The third-order valence-electron chi connectivity index (χ3n) is 3.26. The van der Waals surface area contributed by atoms with Gasteiger partial charge in [-0.05, 0) is 37.6 Å². The van der Waals surface area contributed by atoms with Crippen molar-refractivity contribution in [2.24, 2.45) is 12.8 Å². The molecule has 0 fully saturated rings. The molecule has 2 N–H and O–H groups in total. The lowest BCUT2D eigenvalue weighted by atomic mass is 10.1. The van der Waals surface area contributed by atoms with Gasteiger partial charge in [-0.2, -0.15) is 18.3 Å². The molecular weight excluding hydrogens is 283 g/mol. The van der Waals surface area contributed by atoms with E-state index in [2.05, 4.69) is 5.10 Å². The average Bonchev–Trinajstić information content (AvgIpc) is 2.64. The first-order chi connectivity index (χ1) is 9.74. The highest BCUT2D eigenvalue weighted by atomic mass is 19.4. The van der Waals surface area contributed by atoms with Crippen LogP contribution in [-0.2, 0) is 19.8 Å².